The molecule has 108 valence electrons. The van der Waals surface area contributed by atoms with Gasteiger partial charge in [-0.15, -0.1) is 0 Å². The summed E-state index contributed by atoms with van der Waals surface area (Å²) in [5.74, 6) is -0.605. The highest BCUT2D eigenvalue weighted by molar-refractivity contribution is 6.06. The minimum atomic E-state index is -0.468. The lowest BCUT2D eigenvalue weighted by atomic mass is 10.2. The van der Waals surface area contributed by atoms with E-state index in [1.807, 2.05) is 0 Å². The summed E-state index contributed by atoms with van der Waals surface area (Å²) in [6.45, 7) is 0. The minimum absolute atomic E-state index is 0.235. The lowest BCUT2D eigenvalue weighted by Crippen LogP contribution is -2.14. The molecule has 0 saturated heterocycles. The van der Waals surface area contributed by atoms with E-state index >= 15 is 0 Å². The van der Waals surface area contributed by atoms with E-state index in [1.54, 1.807) is 30.3 Å². The molecule has 0 aliphatic heterocycles. The van der Waals surface area contributed by atoms with E-state index in [0.717, 1.165) is 0 Å². The zero-order valence-electron chi connectivity index (χ0n) is 11.6. The number of carbonyl (C=O) groups is 2. The van der Waals surface area contributed by atoms with Crippen LogP contribution in [0.15, 0.2) is 42.6 Å². The van der Waals surface area contributed by atoms with Gasteiger partial charge in [0.05, 0.1) is 19.8 Å². The lowest BCUT2D eigenvalue weighted by molar-refractivity contribution is 0.0600. The molecule has 1 heterocycles. The number of nitrogens with zero attached hydrogens (tertiary/aromatic N) is 1. The van der Waals surface area contributed by atoms with Crippen LogP contribution >= 0.6 is 0 Å². The molecule has 0 unspecified atom stereocenters. The molecule has 2 aromatic rings. The fourth-order valence-corrected chi connectivity index (χ4v) is 1.77. The van der Waals surface area contributed by atoms with Crippen molar-refractivity contribution in [3.8, 4) is 5.88 Å². The zero-order chi connectivity index (χ0) is 15.2. The number of pyridine rings is 1. The summed E-state index contributed by atoms with van der Waals surface area (Å²) in [6, 6.07) is 9.71. The summed E-state index contributed by atoms with van der Waals surface area (Å²) < 4.78 is 9.67. The number of nitrogens with one attached hydrogen (secondary N) is 1. The van der Waals surface area contributed by atoms with Gasteiger partial charge >= 0.3 is 5.97 Å². The molecule has 0 fully saturated rings. The third-order valence-corrected chi connectivity index (χ3v) is 2.75. The van der Waals surface area contributed by atoms with Crippen molar-refractivity contribution in [3.63, 3.8) is 0 Å². The van der Waals surface area contributed by atoms with Crippen LogP contribution in [0.1, 0.15) is 20.7 Å². The van der Waals surface area contributed by atoms with Crippen molar-refractivity contribution in [1.82, 2.24) is 4.98 Å². The maximum absolute atomic E-state index is 12.2. The maximum atomic E-state index is 12.2. The standard InChI is InChI=1S/C15H14N2O4/c1-20-14-12(7-4-8-16-14)13(18)17-11-6-3-5-10(9-11)15(19)21-2/h3-9H,1-2H3,(H,17,18). The van der Waals surface area contributed by atoms with Gasteiger partial charge in [0.1, 0.15) is 5.56 Å². The molecule has 0 saturated carbocycles. The molecule has 0 atom stereocenters. The minimum Gasteiger partial charge on any atom is -0.480 e. The predicted octanol–water partition coefficient (Wildman–Crippen LogP) is 2.13. The van der Waals surface area contributed by atoms with Crippen molar-refractivity contribution in [1.29, 1.82) is 0 Å². The number of ether oxygens (including phenoxy) is 2. The van der Waals surface area contributed by atoms with Crippen LogP contribution in [0, 0.1) is 0 Å². The van der Waals surface area contributed by atoms with Gasteiger partial charge < -0.3 is 14.8 Å². The maximum Gasteiger partial charge on any atom is 0.337 e. The van der Waals surface area contributed by atoms with Crippen LogP contribution in [-0.4, -0.2) is 31.1 Å². The Hall–Kier alpha value is -2.89. The predicted molar refractivity (Wildman–Crippen MR) is 76.5 cm³/mol. The number of carbonyl (C=O) groups excluding carboxylic acids is 2. The molecule has 0 spiro atoms. The largest absolute Gasteiger partial charge is 0.480 e. The van der Waals surface area contributed by atoms with Crippen LogP contribution in [0.4, 0.5) is 5.69 Å². The second-order valence-corrected chi connectivity index (χ2v) is 4.09. The molecule has 1 amide bonds. The molecule has 6 nitrogen and oxygen atoms in total. The number of anilines is 1. The molecule has 0 aliphatic rings. The van der Waals surface area contributed by atoms with Crippen molar-refractivity contribution in [2.75, 3.05) is 19.5 Å². The van der Waals surface area contributed by atoms with Crippen LogP contribution in [0.5, 0.6) is 5.88 Å². The first-order valence-corrected chi connectivity index (χ1v) is 6.14. The molecular formula is C15H14N2O4. The first-order chi connectivity index (χ1) is 10.2. The monoisotopic (exact) mass is 286 g/mol. The van der Waals surface area contributed by atoms with Gasteiger partial charge in [-0.3, -0.25) is 4.79 Å². The first-order valence-electron chi connectivity index (χ1n) is 6.14. The van der Waals surface area contributed by atoms with Crippen LogP contribution in [-0.2, 0) is 4.74 Å². The third-order valence-electron chi connectivity index (χ3n) is 2.75. The molecule has 1 aromatic carbocycles. The normalized spacial score (nSPS) is 9.81. The summed E-state index contributed by atoms with van der Waals surface area (Å²) in [5.41, 5.74) is 1.14. The number of benzene rings is 1. The second-order valence-electron chi connectivity index (χ2n) is 4.09. The van der Waals surface area contributed by atoms with E-state index in [0.29, 0.717) is 16.8 Å². The van der Waals surface area contributed by atoms with Crippen molar-refractivity contribution in [2.24, 2.45) is 0 Å². The van der Waals surface area contributed by atoms with Gasteiger partial charge in [-0.25, -0.2) is 9.78 Å². The summed E-state index contributed by atoms with van der Waals surface area (Å²) in [4.78, 5) is 27.6. The Labute approximate surface area is 121 Å². The highest BCUT2D eigenvalue weighted by Crippen LogP contribution is 2.17. The fraction of sp³-hybridized carbons (Fsp3) is 0.133. The molecule has 1 N–H and O–H groups in total. The molecular weight excluding hydrogens is 272 g/mol. The Kier molecular flexibility index (Phi) is 4.50. The van der Waals surface area contributed by atoms with Gasteiger partial charge in [0.15, 0.2) is 0 Å². The average molecular weight is 286 g/mol. The molecule has 2 rings (SSSR count). The molecule has 0 radical (unpaired) electrons. The van der Waals surface area contributed by atoms with Crippen molar-refractivity contribution < 1.29 is 19.1 Å². The van der Waals surface area contributed by atoms with Crippen LogP contribution in [0.25, 0.3) is 0 Å². The Morgan fingerprint density at radius 1 is 1.14 bits per heavy atom. The summed E-state index contributed by atoms with van der Waals surface area (Å²) in [5, 5.41) is 2.69. The van der Waals surface area contributed by atoms with Crippen molar-refractivity contribution >= 4 is 17.6 Å². The number of esters is 1. The average Bonchev–Trinajstić information content (AvgIpc) is 2.54. The van der Waals surface area contributed by atoms with Gasteiger partial charge in [-0.1, -0.05) is 6.07 Å². The van der Waals surface area contributed by atoms with E-state index in [-0.39, 0.29) is 11.8 Å². The fourth-order valence-electron chi connectivity index (χ4n) is 1.77. The molecule has 0 bridgehead atoms. The first kappa shape index (κ1) is 14.5. The Balaban J connectivity index is 2.22. The van der Waals surface area contributed by atoms with Gasteiger partial charge in [0.2, 0.25) is 5.88 Å². The van der Waals surface area contributed by atoms with E-state index in [4.69, 9.17) is 4.74 Å². The highest BCUT2D eigenvalue weighted by Gasteiger charge is 2.14. The van der Waals surface area contributed by atoms with E-state index in [2.05, 4.69) is 15.0 Å². The number of hydrogen-bond acceptors (Lipinski definition) is 5. The quantitative estimate of drug-likeness (QED) is 0.871. The lowest BCUT2D eigenvalue weighted by Gasteiger charge is -2.09. The Morgan fingerprint density at radius 3 is 2.67 bits per heavy atom. The van der Waals surface area contributed by atoms with Gasteiger partial charge in [0, 0.05) is 11.9 Å². The molecule has 1 aromatic heterocycles. The molecule has 21 heavy (non-hydrogen) atoms. The number of amides is 1. The van der Waals surface area contributed by atoms with Crippen LogP contribution < -0.4 is 10.1 Å². The molecule has 0 aliphatic carbocycles. The van der Waals surface area contributed by atoms with Crippen LogP contribution in [0.3, 0.4) is 0 Å². The van der Waals surface area contributed by atoms with E-state index in [1.165, 1.54) is 26.5 Å². The van der Waals surface area contributed by atoms with Crippen molar-refractivity contribution in [3.05, 3.63) is 53.7 Å². The Morgan fingerprint density at radius 2 is 1.95 bits per heavy atom. The summed E-state index contributed by atoms with van der Waals surface area (Å²) in [6.07, 6.45) is 1.54. The summed E-state index contributed by atoms with van der Waals surface area (Å²) >= 11 is 0. The molecule has 6 heteroatoms. The van der Waals surface area contributed by atoms with Gasteiger partial charge in [0.25, 0.3) is 5.91 Å². The van der Waals surface area contributed by atoms with Gasteiger partial charge in [-0.2, -0.15) is 0 Å². The SMILES string of the molecule is COC(=O)c1cccc(NC(=O)c2cccnc2OC)c1. The van der Waals surface area contributed by atoms with E-state index in [9.17, 15) is 9.59 Å². The van der Waals surface area contributed by atoms with Crippen LogP contribution in [0.2, 0.25) is 0 Å². The topological polar surface area (TPSA) is 77.5 Å². The Bertz CT molecular complexity index is 670. The summed E-state index contributed by atoms with van der Waals surface area (Å²) in [7, 11) is 2.74. The van der Waals surface area contributed by atoms with Gasteiger partial charge in [-0.05, 0) is 30.3 Å². The number of rotatable bonds is 4. The second kappa shape index (κ2) is 6.51. The smallest absolute Gasteiger partial charge is 0.337 e. The third kappa shape index (κ3) is 3.36. The van der Waals surface area contributed by atoms with E-state index < -0.39 is 5.97 Å². The number of methoxy groups -OCH3 is 2. The van der Waals surface area contributed by atoms with Crippen molar-refractivity contribution in [2.45, 2.75) is 0 Å². The number of hydrogen-bond donors (Lipinski definition) is 1. The highest BCUT2D eigenvalue weighted by atomic mass is 16.5. The number of aromatic nitrogens is 1. The zero-order valence-corrected chi connectivity index (χ0v) is 11.6.